The molecule has 5 nitrogen and oxygen atoms in total. The number of piperidine rings is 1. The molecule has 2 amide bonds. The molecule has 1 heterocycles. The Bertz CT molecular complexity index is 537. The summed E-state index contributed by atoms with van der Waals surface area (Å²) in [5, 5.41) is 5.77. The van der Waals surface area contributed by atoms with E-state index in [1.807, 2.05) is 32.0 Å². The van der Waals surface area contributed by atoms with Crippen LogP contribution in [0.25, 0.3) is 0 Å². The Hall–Kier alpha value is -1.88. The first-order chi connectivity index (χ1) is 10.6. The smallest absolute Gasteiger partial charge is 0.238 e. The van der Waals surface area contributed by atoms with Crippen molar-refractivity contribution in [2.45, 2.75) is 39.5 Å². The molecule has 0 saturated carbocycles. The SMILES string of the molecule is CCC(=O)Nc1cc(NC(=O)CN2CCCCC2)ccc1C. The first-order valence-corrected chi connectivity index (χ1v) is 8.01. The second-order valence-corrected chi connectivity index (χ2v) is 5.82. The van der Waals surface area contributed by atoms with Crippen LogP contribution in [0.1, 0.15) is 38.2 Å². The Morgan fingerprint density at radius 1 is 1.09 bits per heavy atom. The number of rotatable bonds is 5. The van der Waals surface area contributed by atoms with Crippen LogP contribution >= 0.6 is 0 Å². The highest BCUT2D eigenvalue weighted by molar-refractivity contribution is 5.95. The minimum Gasteiger partial charge on any atom is -0.326 e. The molecule has 0 spiro atoms. The standard InChI is InChI=1S/C17H25N3O2/c1-3-16(21)19-15-11-14(8-7-13(15)2)18-17(22)12-20-9-5-4-6-10-20/h7-8,11H,3-6,9-10,12H2,1-2H3,(H,18,22)(H,19,21). The van der Waals surface area contributed by atoms with E-state index in [4.69, 9.17) is 0 Å². The van der Waals surface area contributed by atoms with E-state index < -0.39 is 0 Å². The lowest BCUT2D eigenvalue weighted by Crippen LogP contribution is -2.36. The van der Waals surface area contributed by atoms with Gasteiger partial charge in [-0.15, -0.1) is 0 Å². The van der Waals surface area contributed by atoms with E-state index in [2.05, 4.69) is 15.5 Å². The second kappa shape index (κ2) is 7.94. The van der Waals surface area contributed by atoms with Crippen LogP contribution in [0.4, 0.5) is 11.4 Å². The van der Waals surface area contributed by atoms with Crippen LogP contribution in [0.15, 0.2) is 18.2 Å². The van der Waals surface area contributed by atoms with E-state index in [1.54, 1.807) is 0 Å². The summed E-state index contributed by atoms with van der Waals surface area (Å²) in [6.07, 6.45) is 4.04. The average molecular weight is 303 g/mol. The normalized spacial score (nSPS) is 15.4. The molecule has 0 radical (unpaired) electrons. The van der Waals surface area contributed by atoms with Crippen LogP contribution in [0.3, 0.4) is 0 Å². The Labute approximate surface area is 132 Å². The van der Waals surface area contributed by atoms with E-state index in [0.717, 1.165) is 30.0 Å². The maximum Gasteiger partial charge on any atom is 0.238 e. The van der Waals surface area contributed by atoms with Crippen LogP contribution in [0.5, 0.6) is 0 Å². The Kier molecular flexibility index (Phi) is 5.95. The van der Waals surface area contributed by atoms with Crippen molar-refractivity contribution >= 4 is 23.2 Å². The maximum absolute atomic E-state index is 12.1. The van der Waals surface area contributed by atoms with Crippen molar-refractivity contribution in [2.75, 3.05) is 30.3 Å². The Morgan fingerprint density at radius 3 is 2.50 bits per heavy atom. The summed E-state index contributed by atoms with van der Waals surface area (Å²) in [4.78, 5) is 25.8. The van der Waals surface area contributed by atoms with Gasteiger partial charge in [-0.3, -0.25) is 14.5 Å². The van der Waals surface area contributed by atoms with Gasteiger partial charge in [-0.25, -0.2) is 0 Å². The van der Waals surface area contributed by atoms with Crippen molar-refractivity contribution < 1.29 is 9.59 Å². The molecule has 1 aromatic rings. The fraction of sp³-hybridized carbons (Fsp3) is 0.529. The van der Waals surface area contributed by atoms with Crippen LogP contribution < -0.4 is 10.6 Å². The molecule has 0 unspecified atom stereocenters. The summed E-state index contributed by atoms with van der Waals surface area (Å²) >= 11 is 0. The van der Waals surface area contributed by atoms with Crippen LogP contribution in [0, 0.1) is 6.92 Å². The van der Waals surface area contributed by atoms with E-state index >= 15 is 0 Å². The van der Waals surface area contributed by atoms with Crippen molar-refractivity contribution in [3.8, 4) is 0 Å². The summed E-state index contributed by atoms with van der Waals surface area (Å²) < 4.78 is 0. The quantitative estimate of drug-likeness (QED) is 0.879. The van der Waals surface area contributed by atoms with Crippen molar-refractivity contribution in [3.05, 3.63) is 23.8 Å². The molecule has 1 aliphatic heterocycles. The molecule has 1 saturated heterocycles. The number of aryl methyl sites for hydroxylation is 1. The highest BCUT2D eigenvalue weighted by Gasteiger charge is 2.14. The number of likely N-dealkylation sites (tertiary alicyclic amines) is 1. The highest BCUT2D eigenvalue weighted by atomic mass is 16.2. The summed E-state index contributed by atoms with van der Waals surface area (Å²) in [6.45, 7) is 6.18. The van der Waals surface area contributed by atoms with E-state index in [1.165, 1.54) is 19.3 Å². The molecule has 0 aliphatic carbocycles. The number of anilines is 2. The number of benzene rings is 1. The van der Waals surface area contributed by atoms with Gasteiger partial charge in [-0.1, -0.05) is 19.4 Å². The molecule has 0 aromatic heterocycles. The number of nitrogens with one attached hydrogen (secondary N) is 2. The largest absolute Gasteiger partial charge is 0.326 e. The lowest BCUT2D eigenvalue weighted by molar-refractivity contribution is -0.117. The van der Waals surface area contributed by atoms with Gasteiger partial charge in [-0.05, 0) is 50.6 Å². The van der Waals surface area contributed by atoms with Gasteiger partial charge in [0.1, 0.15) is 0 Å². The lowest BCUT2D eigenvalue weighted by atomic mass is 10.1. The molecule has 1 aromatic carbocycles. The van der Waals surface area contributed by atoms with E-state index in [0.29, 0.717) is 13.0 Å². The van der Waals surface area contributed by atoms with Gasteiger partial charge >= 0.3 is 0 Å². The van der Waals surface area contributed by atoms with Crippen LogP contribution in [-0.4, -0.2) is 36.3 Å². The first kappa shape index (κ1) is 16.5. The molecular weight excluding hydrogens is 278 g/mol. The fourth-order valence-electron chi connectivity index (χ4n) is 2.59. The third kappa shape index (κ3) is 4.84. The zero-order valence-electron chi connectivity index (χ0n) is 13.4. The van der Waals surface area contributed by atoms with Crippen LogP contribution in [-0.2, 0) is 9.59 Å². The zero-order chi connectivity index (χ0) is 15.9. The van der Waals surface area contributed by atoms with Crippen molar-refractivity contribution in [2.24, 2.45) is 0 Å². The summed E-state index contributed by atoms with van der Waals surface area (Å²) in [5.41, 5.74) is 2.46. The van der Waals surface area contributed by atoms with E-state index in [-0.39, 0.29) is 11.8 Å². The number of hydrogen-bond donors (Lipinski definition) is 2. The van der Waals surface area contributed by atoms with Crippen molar-refractivity contribution in [1.29, 1.82) is 0 Å². The molecule has 0 bridgehead atoms. The van der Waals surface area contributed by atoms with E-state index in [9.17, 15) is 9.59 Å². The number of amides is 2. The van der Waals surface area contributed by atoms with Gasteiger partial charge in [0.2, 0.25) is 11.8 Å². The number of nitrogens with zero attached hydrogens (tertiary/aromatic N) is 1. The second-order valence-electron chi connectivity index (χ2n) is 5.82. The molecule has 120 valence electrons. The van der Waals surface area contributed by atoms with Crippen LogP contribution in [0.2, 0.25) is 0 Å². The zero-order valence-corrected chi connectivity index (χ0v) is 13.4. The van der Waals surface area contributed by atoms with Gasteiger partial charge in [0, 0.05) is 17.8 Å². The summed E-state index contributed by atoms with van der Waals surface area (Å²) in [7, 11) is 0. The monoisotopic (exact) mass is 303 g/mol. The summed E-state index contributed by atoms with van der Waals surface area (Å²) in [5.74, 6) is -0.0292. The highest BCUT2D eigenvalue weighted by Crippen LogP contribution is 2.20. The lowest BCUT2D eigenvalue weighted by Gasteiger charge is -2.25. The molecular formula is C17H25N3O2. The van der Waals surface area contributed by atoms with Gasteiger partial charge < -0.3 is 10.6 Å². The third-order valence-corrected chi connectivity index (χ3v) is 3.93. The number of carbonyl (C=O) groups is 2. The predicted molar refractivity (Wildman–Crippen MR) is 89.0 cm³/mol. The van der Waals surface area contributed by atoms with Gasteiger partial charge in [-0.2, -0.15) is 0 Å². The molecule has 2 N–H and O–H groups in total. The molecule has 1 fully saturated rings. The summed E-state index contributed by atoms with van der Waals surface area (Å²) in [6, 6.07) is 5.59. The fourth-order valence-corrected chi connectivity index (χ4v) is 2.59. The minimum absolute atomic E-state index is 0.00137. The molecule has 2 rings (SSSR count). The van der Waals surface area contributed by atoms with Gasteiger partial charge in [0.15, 0.2) is 0 Å². The Balaban J connectivity index is 1.95. The maximum atomic E-state index is 12.1. The van der Waals surface area contributed by atoms with Gasteiger partial charge in [0.25, 0.3) is 0 Å². The average Bonchev–Trinajstić information content (AvgIpc) is 2.51. The molecule has 0 atom stereocenters. The third-order valence-electron chi connectivity index (χ3n) is 3.93. The van der Waals surface area contributed by atoms with Gasteiger partial charge in [0.05, 0.1) is 6.54 Å². The number of carbonyl (C=O) groups excluding carboxylic acids is 2. The molecule has 5 heteroatoms. The number of hydrogen-bond acceptors (Lipinski definition) is 3. The Morgan fingerprint density at radius 2 is 1.82 bits per heavy atom. The minimum atomic E-state index is -0.0279. The molecule has 22 heavy (non-hydrogen) atoms. The predicted octanol–water partition coefficient (Wildman–Crippen LogP) is 2.77. The topological polar surface area (TPSA) is 61.4 Å². The van der Waals surface area contributed by atoms with Crippen molar-refractivity contribution in [3.63, 3.8) is 0 Å². The molecule has 1 aliphatic rings. The van der Waals surface area contributed by atoms with Crippen molar-refractivity contribution in [1.82, 2.24) is 4.90 Å². The first-order valence-electron chi connectivity index (χ1n) is 8.01.